The minimum atomic E-state index is -3.73. The molecule has 3 rings (SSSR count). The molecule has 0 fully saturated rings. The molecule has 0 atom stereocenters. The Morgan fingerprint density at radius 2 is 2.05 bits per heavy atom. The van der Waals surface area contributed by atoms with E-state index in [1.807, 2.05) is 12.1 Å². The van der Waals surface area contributed by atoms with Gasteiger partial charge >= 0.3 is 4.87 Å². The molecule has 0 radical (unpaired) electrons. The standard InChI is InChI=1S/C13H15N3O3S2/c1-9-12(20-13(17)15-9)21(18,19)16-8-4-7-14-10-5-2-3-6-11(10)16/h2-3,5-6,14H,4,7-8H2,1H3,(H,15,17). The minimum absolute atomic E-state index is 0.0872. The second-order valence-electron chi connectivity index (χ2n) is 4.80. The van der Waals surface area contributed by atoms with Gasteiger partial charge in [-0.05, 0) is 25.5 Å². The summed E-state index contributed by atoms with van der Waals surface area (Å²) >= 11 is 0.735. The summed E-state index contributed by atoms with van der Waals surface area (Å²) in [4.78, 5) is 13.6. The fourth-order valence-electron chi connectivity index (χ4n) is 2.39. The van der Waals surface area contributed by atoms with Crippen LogP contribution in [0.15, 0.2) is 33.3 Å². The fourth-order valence-corrected chi connectivity index (χ4v) is 5.31. The Morgan fingerprint density at radius 3 is 2.76 bits per heavy atom. The number of hydrogen-bond acceptors (Lipinski definition) is 5. The molecular weight excluding hydrogens is 310 g/mol. The number of nitrogens with zero attached hydrogens (tertiary/aromatic N) is 1. The van der Waals surface area contributed by atoms with Gasteiger partial charge in [0.2, 0.25) is 0 Å². The van der Waals surface area contributed by atoms with Crippen LogP contribution >= 0.6 is 11.3 Å². The SMILES string of the molecule is Cc1[nH]c(=O)sc1S(=O)(=O)N1CCCNc2ccccc21. The molecule has 21 heavy (non-hydrogen) atoms. The lowest BCUT2D eigenvalue weighted by Crippen LogP contribution is -2.31. The maximum absolute atomic E-state index is 12.9. The molecule has 2 heterocycles. The predicted octanol–water partition coefficient (Wildman–Crippen LogP) is 1.76. The van der Waals surface area contributed by atoms with Gasteiger partial charge in [0.25, 0.3) is 10.0 Å². The number of hydrogen-bond donors (Lipinski definition) is 2. The third kappa shape index (κ3) is 2.44. The largest absolute Gasteiger partial charge is 0.383 e. The average molecular weight is 325 g/mol. The second kappa shape index (κ2) is 5.19. The molecule has 1 aromatic heterocycles. The van der Waals surface area contributed by atoms with Crippen LogP contribution in [0.1, 0.15) is 12.1 Å². The van der Waals surface area contributed by atoms with E-state index in [1.165, 1.54) is 4.31 Å². The Hall–Kier alpha value is -1.80. The highest BCUT2D eigenvalue weighted by molar-refractivity contribution is 7.94. The molecule has 1 aliphatic rings. The van der Waals surface area contributed by atoms with Crippen LogP contribution in [0.2, 0.25) is 0 Å². The van der Waals surface area contributed by atoms with Crippen molar-refractivity contribution < 1.29 is 8.42 Å². The first-order valence-electron chi connectivity index (χ1n) is 6.55. The number of sulfonamides is 1. The number of benzene rings is 1. The van der Waals surface area contributed by atoms with E-state index in [4.69, 9.17) is 0 Å². The van der Waals surface area contributed by atoms with Gasteiger partial charge in [-0.2, -0.15) is 0 Å². The molecule has 112 valence electrons. The summed E-state index contributed by atoms with van der Waals surface area (Å²) in [6.07, 6.45) is 0.701. The van der Waals surface area contributed by atoms with Crippen molar-refractivity contribution in [3.63, 3.8) is 0 Å². The number of aromatic nitrogens is 1. The summed E-state index contributed by atoms with van der Waals surface area (Å²) < 4.78 is 27.2. The Bertz CT molecular complexity index is 823. The third-order valence-corrected chi connectivity index (χ3v) is 6.73. The quantitative estimate of drug-likeness (QED) is 0.881. The number of para-hydroxylation sites is 2. The highest BCUT2D eigenvalue weighted by atomic mass is 32.2. The van der Waals surface area contributed by atoms with Crippen LogP contribution in [0.5, 0.6) is 0 Å². The van der Waals surface area contributed by atoms with Gasteiger partial charge in [-0.1, -0.05) is 23.5 Å². The van der Waals surface area contributed by atoms with Gasteiger partial charge in [-0.3, -0.25) is 9.10 Å². The van der Waals surface area contributed by atoms with Crippen LogP contribution in [0, 0.1) is 6.92 Å². The smallest absolute Gasteiger partial charge is 0.306 e. The third-order valence-electron chi connectivity index (χ3n) is 3.33. The van der Waals surface area contributed by atoms with Crippen molar-refractivity contribution in [2.45, 2.75) is 17.6 Å². The van der Waals surface area contributed by atoms with E-state index in [0.29, 0.717) is 30.9 Å². The summed E-state index contributed by atoms with van der Waals surface area (Å²) in [7, 11) is -3.73. The molecule has 0 aliphatic carbocycles. The van der Waals surface area contributed by atoms with E-state index in [2.05, 4.69) is 10.3 Å². The molecule has 0 amide bonds. The molecule has 6 nitrogen and oxygen atoms in total. The Labute approximate surface area is 126 Å². The number of thiazole rings is 1. The maximum atomic E-state index is 12.9. The van der Waals surface area contributed by atoms with Crippen LogP contribution in [0.25, 0.3) is 0 Å². The van der Waals surface area contributed by atoms with Crippen molar-refractivity contribution in [2.24, 2.45) is 0 Å². The van der Waals surface area contributed by atoms with Crippen LogP contribution in [-0.2, 0) is 10.0 Å². The van der Waals surface area contributed by atoms with Crippen molar-refractivity contribution in [3.05, 3.63) is 39.6 Å². The fraction of sp³-hybridized carbons (Fsp3) is 0.308. The number of aryl methyl sites for hydroxylation is 1. The van der Waals surface area contributed by atoms with E-state index in [9.17, 15) is 13.2 Å². The van der Waals surface area contributed by atoms with Crippen LogP contribution < -0.4 is 14.5 Å². The van der Waals surface area contributed by atoms with Crippen molar-refractivity contribution in [1.82, 2.24) is 4.98 Å². The van der Waals surface area contributed by atoms with Crippen molar-refractivity contribution >= 4 is 32.7 Å². The van der Waals surface area contributed by atoms with Gasteiger partial charge in [-0.15, -0.1) is 0 Å². The second-order valence-corrected chi connectivity index (χ2v) is 7.84. The van der Waals surface area contributed by atoms with Crippen molar-refractivity contribution in [2.75, 3.05) is 22.7 Å². The first kappa shape index (κ1) is 14.2. The van der Waals surface area contributed by atoms with E-state index < -0.39 is 10.0 Å². The monoisotopic (exact) mass is 325 g/mol. The topological polar surface area (TPSA) is 82.3 Å². The molecule has 0 saturated heterocycles. The zero-order chi connectivity index (χ0) is 15.0. The molecule has 1 aliphatic heterocycles. The van der Waals surface area contributed by atoms with Gasteiger partial charge in [0, 0.05) is 18.8 Å². The summed E-state index contributed by atoms with van der Waals surface area (Å²) in [6, 6.07) is 7.30. The Balaban J connectivity index is 2.15. The Morgan fingerprint density at radius 1 is 1.29 bits per heavy atom. The molecule has 8 heteroatoms. The number of rotatable bonds is 2. The molecular formula is C13H15N3O3S2. The molecule has 0 saturated carbocycles. The maximum Gasteiger partial charge on any atom is 0.306 e. The van der Waals surface area contributed by atoms with Crippen molar-refractivity contribution in [3.8, 4) is 0 Å². The van der Waals surface area contributed by atoms with E-state index in [0.717, 1.165) is 17.0 Å². The summed E-state index contributed by atoms with van der Waals surface area (Å²) in [5, 5.41) is 3.23. The Kier molecular flexibility index (Phi) is 3.50. The van der Waals surface area contributed by atoms with Gasteiger partial charge in [0.05, 0.1) is 11.4 Å². The molecule has 2 N–H and O–H groups in total. The lowest BCUT2D eigenvalue weighted by molar-refractivity contribution is 0.591. The van der Waals surface area contributed by atoms with Gasteiger partial charge in [-0.25, -0.2) is 8.42 Å². The first-order chi connectivity index (χ1) is 10.00. The summed E-state index contributed by atoms with van der Waals surface area (Å²) in [5.74, 6) is 0. The zero-order valence-corrected chi connectivity index (χ0v) is 13.1. The van der Waals surface area contributed by atoms with E-state index >= 15 is 0 Å². The number of fused-ring (bicyclic) bond motifs is 1. The highest BCUT2D eigenvalue weighted by Crippen LogP contribution is 2.33. The van der Waals surface area contributed by atoms with E-state index in [-0.39, 0.29) is 9.08 Å². The number of anilines is 2. The lowest BCUT2D eigenvalue weighted by atomic mass is 10.2. The summed E-state index contributed by atoms with van der Waals surface area (Å²) in [6.45, 7) is 2.70. The number of H-pyrrole nitrogens is 1. The number of aromatic amines is 1. The van der Waals surface area contributed by atoms with Crippen LogP contribution in [0.3, 0.4) is 0 Å². The number of nitrogens with one attached hydrogen (secondary N) is 2. The molecule has 0 spiro atoms. The predicted molar refractivity (Wildman–Crippen MR) is 83.8 cm³/mol. The molecule has 2 aromatic rings. The van der Waals surface area contributed by atoms with Gasteiger partial charge in [0.1, 0.15) is 0 Å². The van der Waals surface area contributed by atoms with Gasteiger partial charge < -0.3 is 10.3 Å². The molecule has 0 bridgehead atoms. The minimum Gasteiger partial charge on any atom is -0.383 e. The normalized spacial score (nSPS) is 15.2. The average Bonchev–Trinajstić information content (AvgIpc) is 2.68. The molecule has 1 aromatic carbocycles. The van der Waals surface area contributed by atoms with Crippen molar-refractivity contribution in [1.29, 1.82) is 0 Å². The van der Waals surface area contributed by atoms with Crippen LogP contribution in [-0.4, -0.2) is 26.5 Å². The summed E-state index contributed by atoms with van der Waals surface area (Å²) in [5.41, 5.74) is 1.80. The zero-order valence-electron chi connectivity index (χ0n) is 11.4. The first-order valence-corrected chi connectivity index (χ1v) is 8.81. The van der Waals surface area contributed by atoms with Crippen LogP contribution in [0.4, 0.5) is 11.4 Å². The highest BCUT2D eigenvalue weighted by Gasteiger charge is 2.31. The van der Waals surface area contributed by atoms with Gasteiger partial charge in [0.15, 0.2) is 4.21 Å². The van der Waals surface area contributed by atoms with E-state index in [1.54, 1.807) is 19.1 Å². The lowest BCUT2D eigenvalue weighted by Gasteiger charge is -2.23. The molecule has 0 unspecified atom stereocenters.